The number of hydrogen-bond acceptors (Lipinski definition) is 5. The van der Waals surface area contributed by atoms with Crippen LogP contribution in [0.1, 0.15) is 25.0 Å². The number of nitrogens with one attached hydrogen (secondary N) is 3. The number of aliphatic hydroxyl groups excluding tert-OH is 1. The minimum atomic E-state index is -0.477. The average molecular weight is 412 g/mol. The topological polar surface area (TPSA) is 113 Å². The van der Waals surface area contributed by atoms with Crippen LogP contribution in [-0.4, -0.2) is 53.4 Å². The maximum absolute atomic E-state index is 12.2. The lowest BCUT2D eigenvalue weighted by Gasteiger charge is -2.36. The normalized spacial score (nSPS) is 20.9. The number of rotatable bonds is 8. The smallest absolute Gasteiger partial charge is 0.319 e. The van der Waals surface area contributed by atoms with Gasteiger partial charge in [-0.1, -0.05) is 24.3 Å². The van der Waals surface area contributed by atoms with E-state index in [9.17, 15) is 14.7 Å². The summed E-state index contributed by atoms with van der Waals surface area (Å²) in [5.41, 5.74) is 1.43. The van der Waals surface area contributed by atoms with E-state index in [1.54, 1.807) is 18.3 Å². The van der Waals surface area contributed by atoms with Crippen LogP contribution in [0.25, 0.3) is 0 Å². The lowest BCUT2D eigenvalue weighted by atomic mass is 9.97. The van der Waals surface area contributed by atoms with Gasteiger partial charge in [0.1, 0.15) is 6.10 Å². The van der Waals surface area contributed by atoms with Crippen molar-refractivity contribution in [3.8, 4) is 0 Å². The molecule has 2 heterocycles. The van der Waals surface area contributed by atoms with Crippen LogP contribution >= 0.6 is 0 Å². The number of ether oxygens (including phenoxy) is 1. The molecule has 4 N–H and O–H groups in total. The van der Waals surface area contributed by atoms with E-state index in [1.165, 1.54) is 0 Å². The highest BCUT2D eigenvalue weighted by Crippen LogP contribution is 2.22. The van der Waals surface area contributed by atoms with Gasteiger partial charge in [0.05, 0.1) is 25.2 Å². The molecule has 8 nitrogen and oxygen atoms in total. The summed E-state index contributed by atoms with van der Waals surface area (Å²) < 4.78 is 5.94. The molecule has 1 aliphatic heterocycles. The van der Waals surface area contributed by atoms with Gasteiger partial charge < -0.3 is 25.8 Å². The van der Waals surface area contributed by atoms with Gasteiger partial charge in [0.25, 0.3) is 0 Å². The monoisotopic (exact) mass is 412 g/mol. The first-order chi connectivity index (χ1) is 14.6. The quantitative estimate of drug-likeness (QED) is 0.529. The van der Waals surface area contributed by atoms with Gasteiger partial charge in [-0.25, -0.2) is 4.79 Å². The largest absolute Gasteiger partial charge is 0.394 e. The Hall–Kier alpha value is -2.97. The molecule has 1 aromatic heterocycles. The highest BCUT2D eigenvalue weighted by Gasteiger charge is 2.31. The standard InChI is InChI=1S/C22H28N4O4/c27-15-20-19(26-22(29)25-16-6-2-1-3-7-16)10-9-18(30-20)11-13-24-21(28)14-17-8-4-5-12-23-17/h1-8,12,18-20,27H,9-11,13-15H2,(H,24,28)(H2,25,26,29)/t18-,19-,20+/m0/s1. The van der Waals surface area contributed by atoms with Gasteiger partial charge in [-0.05, 0) is 43.5 Å². The van der Waals surface area contributed by atoms with Crippen molar-refractivity contribution in [1.29, 1.82) is 0 Å². The van der Waals surface area contributed by atoms with Crippen molar-refractivity contribution >= 4 is 17.6 Å². The van der Waals surface area contributed by atoms with Crippen LogP contribution in [0.5, 0.6) is 0 Å². The molecule has 1 fully saturated rings. The van der Waals surface area contributed by atoms with Gasteiger partial charge in [-0.3, -0.25) is 9.78 Å². The van der Waals surface area contributed by atoms with Gasteiger partial charge in [0.2, 0.25) is 5.91 Å². The van der Waals surface area contributed by atoms with Crippen LogP contribution in [-0.2, 0) is 16.0 Å². The Bertz CT molecular complexity index is 803. The number of carbonyl (C=O) groups is 2. The van der Waals surface area contributed by atoms with Gasteiger partial charge in [0.15, 0.2) is 0 Å². The first kappa shape index (κ1) is 21.7. The van der Waals surface area contributed by atoms with Crippen LogP contribution in [0, 0.1) is 0 Å². The fraction of sp³-hybridized carbons (Fsp3) is 0.409. The maximum atomic E-state index is 12.2. The minimum absolute atomic E-state index is 0.0764. The summed E-state index contributed by atoms with van der Waals surface area (Å²) in [5.74, 6) is -0.0830. The molecule has 0 aliphatic carbocycles. The Kier molecular flexibility index (Phi) is 8.17. The molecule has 3 amide bonds. The summed E-state index contributed by atoms with van der Waals surface area (Å²) in [4.78, 5) is 28.4. The SMILES string of the molecule is O=C(Cc1ccccn1)NCC[C@@H]1CC[C@H](NC(=O)Nc2ccccc2)[C@@H](CO)O1. The Balaban J connectivity index is 1.38. The van der Waals surface area contributed by atoms with Crippen LogP contribution in [0.4, 0.5) is 10.5 Å². The summed E-state index contributed by atoms with van der Waals surface area (Å²) in [6.07, 6.45) is 3.43. The average Bonchev–Trinajstić information content (AvgIpc) is 2.76. The van der Waals surface area contributed by atoms with Gasteiger partial charge in [-0.15, -0.1) is 0 Å². The van der Waals surface area contributed by atoms with Gasteiger partial charge in [0, 0.05) is 24.1 Å². The number of anilines is 1. The van der Waals surface area contributed by atoms with Crippen molar-refractivity contribution in [2.24, 2.45) is 0 Å². The molecule has 1 aromatic carbocycles. The first-order valence-electron chi connectivity index (χ1n) is 10.2. The fourth-order valence-electron chi connectivity index (χ4n) is 3.47. The van der Waals surface area contributed by atoms with E-state index in [1.807, 2.05) is 36.4 Å². The molecule has 3 rings (SSSR count). The van der Waals surface area contributed by atoms with E-state index in [-0.39, 0.29) is 37.1 Å². The van der Waals surface area contributed by atoms with Gasteiger partial charge in [-0.2, -0.15) is 0 Å². The zero-order chi connectivity index (χ0) is 21.2. The lowest BCUT2D eigenvalue weighted by Crippen LogP contribution is -2.52. The van der Waals surface area contributed by atoms with E-state index in [0.717, 1.165) is 12.1 Å². The number of benzene rings is 1. The number of amides is 3. The number of nitrogens with zero attached hydrogens (tertiary/aromatic N) is 1. The van der Waals surface area contributed by atoms with Crippen molar-refractivity contribution in [1.82, 2.24) is 15.6 Å². The zero-order valence-corrected chi connectivity index (χ0v) is 16.8. The van der Waals surface area contributed by atoms with Crippen LogP contribution < -0.4 is 16.0 Å². The highest BCUT2D eigenvalue weighted by atomic mass is 16.5. The molecular weight excluding hydrogens is 384 g/mol. The lowest BCUT2D eigenvalue weighted by molar-refractivity contribution is -0.121. The fourth-order valence-corrected chi connectivity index (χ4v) is 3.47. The molecular formula is C22H28N4O4. The third-order valence-corrected chi connectivity index (χ3v) is 5.00. The predicted octanol–water partition coefficient (Wildman–Crippen LogP) is 1.86. The number of aromatic nitrogens is 1. The van der Waals surface area contributed by atoms with Crippen molar-refractivity contribution in [3.05, 3.63) is 60.4 Å². The Morgan fingerprint density at radius 3 is 2.63 bits per heavy atom. The summed E-state index contributed by atoms with van der Waals surface area (Å²) in [7, 11) is 0. The van der Waals surface area contributed by atoms with Crippen molar-refractivity contribution in [3.63, 3.8) is 0 Å². The molecule has 1 saturated heterocycles. The Labute approximate surface area is 176 Å². The van der Waals surface area contributed by atoms with Crippen LogP contribution in [0.3, 0.4) is 0 Å². The second-order valence-corrected chi connectivity index (χ2v) is 7.26. The number of carbonyl (C=O) groups excluding carboxylic acids is 2. The molecule has 0 saturated carbocycles. The summed E-state index contributed by atoms with van der Waals surface area (Å²) in [6.45, 7) is 0.305. The Morgan fingerprint density at radius 2 is 1.90 bits per heavy atom. The molecule has 0 radical (unpaired) electrons. The Morgan fingerprint density at radius 1 is 1.10 bits per heavy atom. The van der Waals surface area contributed by atoms with E-state index < -0.39 is 6.10 Å². The van der Waals surface area contributed by atoms with Gasteiger partial charge >= 0.3 is 6.03 Å². The first-order valence-corrected chi connectivity index (χ1v) is 10.2. The molecule has 0 bridgehead atoms. The summed E-state index contributed by atoms with van der Waals surface area (Å²) in [6, 6.07) is 14.1. The van der Waals surface area contributed by atoms with E-state index in [2.05, 4.69) is 20.9 Å². The minimum Gasteiger partial charge on any atom is -0.394 e. The molecule has 1 aliphatic rings. The number of pyridine rings is 1. The molecule has 0 spiro atoms. The zero-order valence-electron chi connectivity index (χ0n) is 16.8. The maximum Gasteiger partial charge on any atom is 0.319 e. The molecule has 2 aromatic rings. The second-order valence-electron chi connectivity index (χ2n) is 7.26. The third-order valence-electron chi connectivity index (χ3n) is 5.00. The second kappa shape index (κ2) is 11.3. The number of aliphatic hydroxyl groups is 1. The van der Waals surface area contributed by atoms with Crippen LogP contribution in [0.15, 0.2) is 54.7 Å². The van der Waals surface area contributed by atoms with Crippen LogP contribution in [0.2, 0.25) is 0 Å². The third kappa shape index (κ3) is 6.82. The van der Waals surface area contributed by atoms with E-state index >= 15 is 0 Å². The molecule has 160 valence electrons. The van der Waals surface area contributed by atoms with E-state index in [4.69, 9.17) is 4.74 Å². The summed E-state index contributed by atoms with van der Waals surface area (Å²) in [5, 5.41) is 18.2. The highest BCUT2D eigenvalue weighted by molar-refractivity contribution is 5.89. The van der Waals surface area contributed by atoms with Crippen molar-refractivity contribution in [2.75, 3.05) is 18.5 Å². The molecule has 30 heavy (non-hydrogen) atoms. The van der Waals surface area contributed by atoms with Crippen molar-refractivity contribution < 1.29 is 19.4 Å². The number of para-hydroxylation sites is 1. The molecule has 3 atom stereocenters. The number of hydrogen-bond donors (Lipinski definition) is 4. The molecule has 8 heteroatoms. The summed E-state index contributed by atoms with van der Waals surface area (Å²) >= 11 is 0. The van der Waals surface area contributed by atoms with Crippen molar-refractivity contribution in [2.45, 2.75) is 43.9 Å². The van der Waals surface area contributed by atoms with E-state index in [0.29, 0.717) is 25.1 Å². The number of urea groups is 1. The predicted molar refractivity (Wildman–Crippen MR) is 113 cm³/mol. The molecule has 0 unspecified atom stereocenters.